The number of ether oxygens (including phenoxy) is 2. The van der Waals surface area contributed by atoms with Crippen molar-refractivity contribution in [1.29, 1.82) is 0 Å². The van der Waals surface area contributed by atoms with Crippen LogP contribution in [0, 0.1) is 5.82 Å². The lowest BCUT2D eigenvalue weighted by atomic mass is 10.1. The first kappa shape index (κ1) is 17.2. The summed E-state index contributed by atoms with van der Waals surface area (Å²) >= 11 is 0. The Hall–Kier alpha value is -0.880. The maximum atomic E-state index is 13.3. The number of halogens is 2. The summed E-state index contributed by atoms with van der Waals surface area (Å²) in [5.41, 5.74) is 0. The number of rotatable bonds is 6. The van der Waals surface area contributed by atoms with Crippen LogP contribution in [0.2, 0.25) is 0 Å². The van der Waals surface area contributed by atoms with Crippen LogP contribution in [0.1, 0.15) is 12.8 Å². The zero-order valence-corrected chi connectivity index (χ0v) is 12.1. The van der Waals surface area contributed by atoms with Gasteiger partial charge in [-0.15, -0.1) is 12.4 Å². The summed E-state index contributed by atoms with van der Waals surface area (Å²) in [4.78, 5) is 0. The van der Waals surface area contributed by atoms with Crippen LogP contribution >= 0.6 is 12.4 Å². The molecule has 1 heterocycles. The van der Waals surface area contributed by atoms with E-state index in [1.807, 2.05) is 0 Å². The highest BCUT2D eigenvalue weighted by Crippen LogP contribution is 2.15. The van der Waals surface area contributed by atoms with E-state index in [2.05, 4.69) is 5.32 Å². The second-order valence-electron chi connectivity index (χ2n) is 4.69. The number of hydrogen-bond acceptors (Lipinski definition) is 4. The Balaban J connectivity index is 0.00000200. The minimum atomic E-state index is -0.651. The summed E-state index contributed by atoms with van der Waals surface area (Å²) < 4.78 is 23.8. The maximum absolute atomic E-state index is 13.3. The molecular weight excluding hydrogens is 285 g/mol. The van der Waals surface area contributed by atoms with Gasteiger partial charge in [0.05, 0.1) is 0 Å². The fraction of sp³-hybridized carbons (Fsp3) is 0.571. The highest BCUT2D eigenvalue weighted by Gasteiger charge is 2.15. The third kappa shape index (κ3) is 5.63. The van der Waals surface area contributed by atoms with Crippen molar-refractivity contribution in [3.05, 3.63) is 30.1 Å². The number of aliphatic hydroxyl groups is 1. The molecule has 0 saturated carbocycles. The molecular formula is C14H21ClFNO3. The Bertz CT molecular complexity index is 388. The molecule has 0 aliphatic carbocycles. The van der Waals surface area contributed by atoms with Crippen molar-refractivity contribution in [1.82, 2.24) is 5.32 Å². The molecule has 1 atom stereocenters. The lowest BCUT2D eigenvalue weighted by molar-refractivity contribution is 0.0650. The van der Waals surface area contributed by atoms with Crippen LogP contribution in [0.3, 0.4) is 0 Å². The van der Waals surface area contributed by atoms with Crippen LogP contribution in [0.4, 0.5) is 4.39 Å². The summed E-state index contributed by atoms with van der Waals surface area (Å²) in [7, 11) is 0. The molecule has 0 spiro atoms. The lowest BCUT2D eigenvalue weighted by Crippen LogP contribution is -2.40. The molecule has 0 radical (unpaired) electrons. The molecule has 0 bridgehead atoms. The van der Waals surface area contributed by atoms with E-state index in [0.717, 1.165) is 26.1 Å². The third-order valence-electron chi connectivity index (χ3n) is 3.13. The molecule has 1 aromatic carbocycles. The minimum Gasteiger partial charge on any atom is -0.488 e. The van der Waals surface area contributed by atoms with E-state index in [1.165, 1.54) is 6.07 Å². The van der Waals surface area contributed by atoms with E-state index < -0.39 is 11.9 Å². The number of benzene rings is 1. The van der Waals surface area contributed by atoms with Crippen molar-refractivity contribution in [3.63, 3.8) is 0 Å². The summed E-state index contributed by atoms with van der Waals surface area (Å²) in [5, 5.41) is 13.1. The molecule has 1 fully saturated rings. The predicted octanol–water partition coefficient (Wildman–Crippen LogP) is 1.76. The summed E-state index contributed by atoms with van der Waals surface area (Å²) in [5.74, 6) is -0.236. The van der Waals surface area contributed by atoms with E-state index in [1.54, 1.807) is 18.2 Å². The van der Waals surface area contributed by atoms with Gasteiger partial charge in [-0.2, -0.15) is 0 Å². The molecule has 114 valence electrons. The first-order chi connectivity index (χ1) is 9.25. The van der Waals surface area contributed by atoms with Gasteiger partial charge in [0.1, 0.15) is 12.7 Å². The molecule has 1 aromatic rings. The summed E-state index contributed by atoms with van der Waals surface area (Å²) in [6.45, 7) is 2.05. The van der Waals surface area contributed by atoms with E-state index >= 15 is 0 Å². The van der Waals surface area contributed by atoms with Crippen LogP contribution < -0.4 is 10.1 Å². The zero-order valence-electron chi connectivity index (χ0n) is 11.3. The maximum Gasteiger partial charge on any atom is 0.165 e. The van der Waals surface area contributed by atoms with Crippen molar-refractivity contribution in [2.45, 2.75) is 25.0 Å². The van der Waals surface area contributed by atoms with Crippen molar-refractivity contribution in [3.8, 4) is 5.75 Å². The molecule has 1 unspecified atom stereocenters. The Labute approximate surface area is 124 Å². The number of aliphatic hydroxyl groups excluding tert-OH is 1. The first-order valence-corrected chi connectivity index (χ1v) is 6.62. The van der Waals surface area contributed by atoms with Gasteiger partial charge < -0.3 is 19.9 Å². The molecule has 2 rings (SSSR count). The number of para-hydroxylation sites is 1. The lowest BCUT2D eigenvalue weighted by Gasteiger charge is -2.24. The standard InChI is InChI=1S/C14H20FNO3.ClH/c15-13-3-1-2-4-14(13)19-10-12(17)9-16-11-5-7-18-8-6-11;/h1-4,11-12,16-17H,5-10H2;1H. The number of nitrogens with one attached hydrogen (secondary N) is 1. The van der Waals surface area contributed by atoms with Gasteiger partial charge in [-0.05, 0) is 25.0 Å². The van der Waals surface area contributed by atoms with Gasteiger partial charge in [0.2, 0.25) is 0 Å². The first-order valence-electron chi connectivity index (χ1n) is 6.62. The zero-order chi connectivity index (χ0) is 13.5. The topological polar surface area (TPSA) is 50.7 Å². The average Bonchev–Trinajstić information content (AvgIpc) is 2.45. The average molecular weight is 306 g/mol. The smallest absolute Gasteiger partial charge is 0.165 e. The van der Waals surface area contributed by atoms with Gasteiger partial charge >= 0.3 is 0 Å². The van der Waals surface area contributed by atoms with Crippen molar-refractivity contribution in [2.24, 2.45) is 0 Å². The fourth-order valence-corrected chi connectivity index (χ4v) is 2.01. The Morgan fingerprint density at radius 1 is 1.35 bits per heavy atom. The molecule has 4 nitrogen and oxygen atoms in total. The van der Waals surface area contributed by atoms with E-state index in [9.17, 15) is 9.50 Å². The molecule has 0 aromatic heterocycles. The van der Waals surface area contributed by atoms with Gasteiger partial charge in [0, 0.05) is 25.8 Å². The Morgan fingerprint density at radius 2 is 2.05 bits per heavy atom. The molecule has 20 heavy (non-hydrogen) atoms. The molecule has 0 amide bonds. The monoisotopic (exact) mass is 305 g/mol. The summed E-state index contributed by atoms with van der Waals surface area (Å²) in [6.07, 6.45) is 1.27. The summed E-state index contributed by atoms with van der Waals surface area (Å²) in [6, 6.07) is 6.57. The third-order valence-corrected chi connectivity index (χ3v) is 3.13. The molecule has 2 N–H and O–H groups in total. The van der Waals surface area contributed by atoms with E-state index in [-0.39, 0.29) is 24.8 Å². The molecule has 1 saturated heterocycles. The van der Waals surface area contributed by atoms with E-state index in [0.29, 0.717) is 12.6 Å². The molecule has 1 aliphatic rings. The molecule has 6 heteroatoms. The van der Waals surface area contributed by atoms with Gasteiger partial charge in [-0.1, -0.05) is 12.1 Å². The largest absolute Gasteiger partial charge is 0.488 e. The Morgan fingerprint density at radius 3 is 2.75 bits per heavy atom. The van der Waals surface area contributed by atoms with Gasteiger partial charge in [-0.3, -0.25) is 0 Å². The number of hydrogen-bond donors (Lipinski definition) is 2. The predicted molar refractivity (Wildman–Crippen MR) is 77.0 cm³/mol. The van der Waals surface area contributed by atoms with Crippen LogP contribution in [0.25, 0.3) is 0 Å². The van der Waals surface area contributed by atoms with E-state index in [4.69, 9.17) is 9.47 Å². The van der Waals surface area contributed by atoms with Gasteiger partial charge in [-0.25, -0.2) is 4.39 Å². The SMILES string of the molecule is Cl.OC(CNC1CCOCC1)COc1ccccc1F. The molecule has 1 aliphatic heterocycles. The van der Waals surface area contributed by atoms with Crippen molar-refractivity contribution < 1.29 is 19.0 Å². The van der Waals surface area contributed by atoms with Crippen molar-refractivity contribution in [2.75, 3.05) is 26.4 Å². The van der Waals surface area contributed by atoms with Gasteiger partial charge in [0.15, 0.2) is 11.6 Å². The van der Waals surface area contributed by atoms with Crippen LogP contribution in [0.15, 0.2) is 24.3 Å². The Kier molecular flexibility index (Phi) is 7.84. The quantitative estimate of drug-likeness (QED) is 0.841. The van der Waals surface area contributed by atoms with Gasteiger partial charge in [0.25, 0.3) is 0 Å². The highest BCUT2D eigenvalue weighted by atomic mass is 35.5. The van der Waals surface area contributed by atoms with Crippen LogP contribution in [-0.4, -0.2) is 43.6 Å². The van der Waals surface area contributed by atoms with Crippen molar-refractivity contribution >= 4 is 12.4 Å². The second-order valence-corrected chi connectivity index (χ2v) is 4.69. The normalized spacial score (nSPS) is 17.3. The second kappa shape index (κ2) is 9.13. The highest BCUT2D eigenvalue weighted by molar-refractivity contribution is 5.85. The fourth-order valence-electron chi connectivity index (χ4n) is 2.01. The minimum absolute atomic E-state index is 0. The van der Waals surface area contributed by atoms with Crippen LogP contribution in [-0.2, 0) is 4.74 Å². The van der Waals surface area contributed by atoms with Crippen LogP contribution in [0.5, 0.6) is 5.75 Å².